The van der Waals surface area contributed by atoms with Gasteiger partial charge in [-0.15, -0.1) is 0 Å². The van der Waals surface area contributed by atoms with Crippen LogP contribution in [-0.4, -0.2) is 20.4 Å². The maximum Gasteiger partial charge on any atom is 0.418 e. The predicted molar refractivity (Wildman–Crippen MR) is 121 cm³/mol. The van der Waals surface area contributed by atoms with Gasteiger partial charge in [-0.05, 0) is 49.2 Å². The van der Waals surface area contributed by atoms with E-state index in [0.717, 1.165) is 11.6 Å². The fourth-order valence-corrected chi connectivity index (χ4v) is 4.46. The Kier molecular flexibility index (Phi) is 7.46. The third-order valence-corrected chi connectivity index (χ3v) is 6.50. The van der Waals surface area contributed by atoms with Crippen LogP contribution in [0, 0.1) is 6.92 Å². The lowest BCUT2D eigenvalue weighted by molar-refractivity contribution is -0.137. The summed E-state index contributed by atoms with van der Waals surface area (Å²) in [6.45, 7) is 1.79. The molecule has 0 aromatic heterocycles. The van der Waals surface area contributed by atoms with Crippen molar-refractivity contribution in [1.29, 1.82) is 0 Å². The molecule has 1 atom stereocenters. The standard InChI is InChI=1S/C23H20ClF3N2O3S/c1-15-7-10-18(11-8-15)33(31,32)29-21(13-16-5-3-2-4-6-16)22(30)28-20-12-9-17(24)14-19(20)23(25,26)27/h2-12,14,21,29H,13H2,1H3,(H,28,30)/t21-/m0/s1. The van der Waals surface area contributed by atoms with Crippen LogP contribution in [0.4, 0.5) is 18.9 Å². The van der Waals surface area contributed by atoms with Gasteiger partial charge in [0.2, 0.25) is 15.9 Å². The molecular weight excluding hydrogens is 477 g/mol. The number of sulfonamides is 1. The number of alkyl halides is 3. The summed E-state index contributed by atoms with van der Waals surface area (Å²) < 4.78 is 68.4. The van der Waals surface area contributed by atoms with E-state index in [1.807, 2.05) is 0 Å². The van der Waals surface area contributed by atoms with E-state index < -0.39 is 39.4 Å². The predicted octanol–water partition coefficient (Wildman–Crippen LogP) is 5.20. The van der Waals surface area contributed by atoms with E-state index in [2.05, 4.69) is 10.0 Å². The first-order chi connectivity index (χ1) is 15.5. The lowest BCUT2D eigenvalue weighted by Gasteiger charge is -2.20. The molecule has 0 unspecified atom stereocenters. The van der Waals surface area contributed by atoms with E-state index in [4.69, 9.17) is 11.6 Å². The van der Waals surface area contributed by atoms with Gasteiger partial charge in [-0.2, -0.15) is 17.9 Å². The highest BCUT2D eigenvalue weighted by Crippen LogP contribution is 2.36. The zero-order valence-electron chi connectivity index (χ0n) is 17.4. The number of rotatable bonds is 7. The smallest absolute Gasteiger partial charge is 0.324 e. The van der Waals surface area contributed by atoms with Gasteiger partial charge >= 0.3 is 6.18 Å². The molecule has 3 rings (SSSR count). The van der Waals surface area contributed by atoms with Gasteiger partial charge in [0.25, 0.3) is 0 Å². The molecule has 0 spiro atoms. The van der Waals surface area contributed by atoms with Gasteiger partial charge < -0.3 is 5.32 Å². The minimum Gasteiger partial charge on any atom is -0.324 e. The normalized spacial score (nSPS) is 12.9. The number of hydrogen-bond donors (Lipinski definition) is 2. The second kappa shape index (κ2) is 9.94. The van der Waals surface area contributed by atoms with Gasteiger partial charge in [0.05, 0.1) is 16.1 Å². The van der Waals surface area contributed by atoms with Crippen LogP contribution < -0.4 is 10.0 Å². The number of benzene rings is 3. The van der Waals surface area contributed by atoms with Crippen LogP contribution in [0.5, 0.6) is 0 Å². The van der Waals surface area contributed by atoms with Crippen LogP contribution in [0.1, 0.15) is 16.7 Å². The van der Waals surface area contributed by atoms with E-state index in [1.54, 1.807) is 49.4 Å². The molecule has 33 heavy (non-hydrogen) atoms. The molecule has 10 heteroatoms. The molecular formula is C23H20ClF3N2O3S. The zero-order chi connectivity index (χ0) is 24.2. The van der Waals surface area contributed by atoms with Gasteiger partial charge in [-0.3, -0.25) is 4.79 Å². The number of aryl methyl sites for hydroxylation is 1. The SMILES string of the molecule is Cc1ccc(S(=O)(=O)N[C@@H](Cc2ccccc2)C(=O)Nc2ccc(Cl)cc2C(F)(F)F)cc1. The Morgan fingerprint density at radius 1 is 1.00 bits per heavy atom. The molecule has 0 radical (unpaired) electrons. The second-order valence-electron chi connectivity index (χ2n) is 7.35. The average molecular weight is 497 g/mol. The minimum absolute atomic E-state index is 0.0681. The molecule has 5 nitrogen and oxygen atoms in total. The molecule has 0 aliphatic rings. The zero-order valence-corrected chi connectivity index (χ0v) is 18.9. The summed E-state index contributed by atoms with van der Waals surface area (Å²) in [6.07, 6.45) is -4.85. The monoisotopic (exact) mass is 496 g/mol. The van der Waals surface area contributed by atoms with Crippen LogP contribution in [0.2, 0.25) is 5.02 Å². The molecule has 0 heterocycles. The number of amides is 1. The number of carbonyl (C=O) groups is 1. The van der Waals surface area contributed by atoms with Gasteiger partial charge in [-0.25, -0.2) is 8.42 Å². The molecule has 0 bridgehead atoms. The summed E-state index contributed by atoms with van der Waals surface area (Å²) >= 11 is 5.69. The van der Waals surface area contributed by atoms with Crippen molar-refractivity contribution in [2.24, 2.45) is 0 Å². The van der Waals surface area contributed by atoms with E-state index in [0.29, 0.717) is 11.6 Å². The lowest BCUT2D eigenvalue weighted by atomic mass is 10.1. The van der Waals surface area contributed by atoms with Gasteiger partial charge in [0.15, 0.2) is 0 Å². The number of anilines is 1. The number of nitrogens with one attached hydrogen (secondary N) is 2. The highest BCUT2D eigenvalue weighted by atomic mass is 35.5. The van der Waals surface area contributed by atoms with Gasteiger partial charge in [0.1, 0.15) is 6.04 Å². The van der Waals surface area contributed by atoms with Crippen LogP contribution in [-0.2, 0) is 27.4 Å². The Balaban J connectivity index is 1.93. The Morgan fingerprint density at radius 2 is 1.64 bits per heavy atom. The van der Waals surface area contributed by atoms with E-state index in [1.165, 1.54) is 18.2 Å². The largest absolute Gasteiger partial charge is 0.418 e. The van der Waals surface area contributed by atoms with E-state index >= 15 is 0 Å². The summed E-state index contributed by atoms with van der Waals surface area (Å²) in [5.74, 6) is -0.942. The quantitative estimate of drug-likeness (QED) is 0.472. The highest BCUT2D eigenvalue weighted by molar-refractivity contribution is 7.89. The van der Waals surface area contributed by atoms with Crippen molar-refractivity contribution in [2.75, 3.05) is 5.32 Å². The van der Waals surface area contributed by atoms with Crippen molar-refractivity contribution < 1.29 is 26.4 Å². The molecule has 1 amide bonds. The first kappa shape index (κ1) is 24.8. The molecule has 2 N–H and O–H groups in total. The molecule has 0 aliphatic heterocycles. The molecule has 0 aliphatic carbocycles. The fraction of sp³-hybridized carbons (Fsp3) is 0.174. The fourth-order valence-electron chi connectivity index (χ4n) is 3.09. The lowest BCUT2D eigenvalue weighted by Crippen LogP contribution is -2.45. The first-order valence-corrected chi connectivity index (χ1v) is 11.6. The third kappa shape index (κ3) is 6.56. The maximum absolute atomic E-state index is 13.4. The van der Waals surface area contributed by atoms with Crippen molar-refractivity contribution >= 4 is 33.2 Å². The summed E-state index contributed by atoms with van der Waals surface area (Å²) in [4.78, 5) is 12.9. The van der Waals surface area contributed by atoms with Gasteiger partial charge in [-0.1, -0.05) is 59.6 Å². The summed E-state index contributed by atoms with van der Waals surface area (Å²) in [5.41, 5.74) is -0.195. The van der Waals surface area contributed by atoms with Crippen molar-refractivity contribution in [1.82, 2.24) is 4.72 Å². The molecule has 0 saturated heterocycles. The highest BCUT2D eigenvalue weighted by Gasteiger charge is 2.35. The summed E-state index contributed by atoms with van der Waals surface area (Å²) in [5, 5.41) is 2.05. The second-order valence-corrected chi connectivity index (χ2v) is 9.50. The van der Waals surface area contributed by atoms with E-state index in [9.17, 15) is 26.4 Å². The minimum atomic E-state index is -4.77. The van der Waals surface area contributed by atoms with Crippen LogP contribution >= 0.6 is 11.6 Å². The third-order valence-electron chi connectivity index (χ3n) is 4.77. The Hall–Kier alpha value is -2.88. The maximum atomic E-state index is 13.4. The Morgan fingerprint density at radius 3 is 2.24 bits per heavy atom. The topological polar surface area (TPSA) is 75.3 Å². The van der Waals surface area contributed by atoms with Crippen LogP contribution in [0.25, 0.3) is 0 Å². The van der Waals surface area contributed by atoms with Gasteiger partial charge in [0, 0.05) is 5.02 Å². The molecule has 0 saturated carbocycles. The Bertz CT molecular complexity index is 1230. The van der Waals surface area contributed by atoms with Crippen molar-refractivity contribution in [3.8, 4) is 0 Å². The van der Waals surface area contributed by atoms with Crippen LogP contribution in [0.3, 0.4) is 0 Å². The van der Waals surface area contributed by atoms with Crippen molar-refractivity contribution in [2.45, 2.75) is 30.5 Å². The summed E-state index contributed by atoms with van der Waals surface area (Å²) in [7, 11) is -4.13. The van der Waals surface area contributed by atoms with Crippen molar-refractivity contribution in [3.05, 3.63) is 94.5 Å². The van der Waals surface area contributed by atoms with Crippen LogP contribution in [0.15, 0.2) is 77.7 Å². The number of hydrogen-bond acceptors (Lipinski definition) is 3. The number of halogens is 4. The first-order valence-electron chi connectivity index (χ1n) is 9.76. The average Bonchev–Trinajstić information content (AvgIpc) is 2.74. The molecule has 0 fully saturated rings. The summed E-state index contributed by atoms with van der Waals surface area (Å²) in [6, 6.07) is 16.0. The molecule has 3 aromatic carbocycles. The molecule has 3 aromatic rings. The molecule has 174 valence electrons. The Labute approximate surface area is 194 Å². The number of carbonyl (C=O) groups excluding carboxylic acids is 1. The van der Waals surface area contributed by atoms with Crippen molar-refractivity contribution in [3.63, 3.8) is 0 Å². The van der Waals surface area contributed by atoms with E-state index in [-0.39, 0.29) is 16.3 Å².